The highest BCUT2D eigenvalue weighted by molar-refractivity contribution is 5.27. The molecule has 2 rings (SSSR count). The van der Waals surface area contributed by atoms with Gasteiger partial charge in [0.25, 0.3) is 0 Å². The number of hydrogen-bond acceptors (Lipinski definition) is 3. The number of hydrogen-bond donors (Lipinski definition) is 1. The highest BCUT2D eigenvalue weighted by atomic mass is 16.5. The maximum atomic E-state index is 9.37. The zero-order chi connectivity index (χ0) is 15.6. The molecular formula is C19H31NO2. The van der Waals surface area contributed by atoms with E-state index in [0.29, 0.717) is 6.04 Å². The average molecular weight is 305 g/mol. The van der Waals surface area contributed by atoms with Crippen LogP contribution < -0.4 is 4.74 Å². The molecule has 1 heterocycles. The Morgan fingerprint density at radius 3 is 2.64 bits per heavy atom. The number of ether oxygens (including phenoxy) is 1. The molecule has 0 spiro atoms. The van der Waals surface area contributed by atoms with Crippen LogP contribution in [0.1, 0.15) is 57.4 Å². The molecule has 0 radical (unpaired) electrons. The van der Waals surface area contributed by atoms with Gasteiger partial charge in [-0.1, -0.05) is 44.7 Å². The first kappa shape index (κ1) is 17.3. The normalized spacial score (nSPS) is 18.7. The SMILES string of the molecule is CCCCCCCOc1ccc(CN2CCC[C@@H]2CO)cc1. The van der Waals surface area contributed by atoms with Crippen LogP contribution >= 0.6 is 0 Å². The number of likely N-dealkylation sites (tertiary alicyclic amines) is 1. The fourth-order valence-corrected chi connectivity index (χ4v) is 3.13. The standard InChI is InChI=1S/C19H31NO2/c1-2-3-4-5-6-14-22-19-11-9-17(10-12-19)15-20-13-7-8-18(20)16-21/h9-12,18,21H,2-8,13-16H2,1H3/t18-/m1/s1. The molecule has 1 aromatic rings. The molecule has 1 N–H and O–H groups in total. The summed E-state index contributed by atoms with van der Waals surface area (Å²) >= 11 is 0. The minimum absolute atomic E-state index is 0.277. The monoisotopic (exact) mass is 305 g/mol. The van der Waals surface area contributed by atoms with Crippen molar-refractivity contribution in [1.29, 1.82) is 0 Å². The van der Waals surface area contributed by atoms with Crippen LogP contribution in [-0.4, -0.2) is 35.8 Å². The van der Waals surface area contributed by atoms with Crippen LogP contribution in [0.5, 0.6) is 5.75 Å². The van der Waals surface area contributed by atoms with Gasteiger partial charge in [0.2, 0.25) is 0 Å². The molecule has 3 heteroatoms. The third kappa shape index (κ3) is 5.62. The number of benzene rings is 1. The van der Waals surface area contributed by atoms with E-state index in [4.69, 9.17) is 4.74 Å². The van der Waals surface area contributed by atoms with Gasteiger partial charge in [-0.05, 0) is 43.5 Å². The molecule has 1 saturated heterocycles. The number of aliphatic hydroxyl groups is 1. The Hall–Kier alpha value is -1.06. The first-order chi connectivity index (χ1) is 10.8. The Kier molecular flexibility index (Phi) is 7.75. The summed E-state index contributed by atoms with van der Waals surface area (Å²) < 4.78 is 5.80. The van der Waals surface area contributed by atoms with Crippen LogP contribution in [0.4, 0.5) is 0 Å². The largest absolute Gasteiger partial charge is 0.494 e. The Labute approximate surface area is 135 Å². The maximum absolute atomic E-state index is 9.37. The molecule has 0 saturated carbocycles. The molecule has 124 valence electrons. The van der Waals surface area contributed by atoms with Gasteiger partial charge in [-0.25, -0.2) is 0 Å². The van der Waals surface area contributed by atoms with Crippen molar-refractivity contribution in [2.75, 3.05) is 19.8 Å². The zero-order valence-electron chi connectivity index (χ0n) is 14.0. The van der Waals surface area contributed by atoms with Crippen molar-refractivity contribution in [2.24, 2.45) is 0 Å². The lowest BCUT2D eigenvalue weighted by atomic mass is 10.1. The van der Waals surface area contributed by atoms with Gasteiger partial charge in [0.1, 0.15) is 5.75 Å². The highest BCUT2D eigenvalue weighted by Gasteiger charge is 2.23. The van der Waals surface area contributed by atoms with E-state index < -0.39 is 0 Å². The molecule has 0 aromatic heterocycles. The topological polar surface area (TPSA) is 32.7 Å². The predicted octanol–water partition coefficient (Wildman–Crippen LogP) is 3.99. The van der Waals surface area contributed by atoms with Gasteiger partial charge in [0, 0.05) is 12.6 Å². The quantitative estimate of drug-likeness (QED) is 0.663. The third-order valence-corrected chi connectivity index (χ3v) is 4.54. The van der Waals surface area contributed by atoms with E-state index in [1.54, 1.807) is 0 Å². The molecule has 1 aromatic carbocycles. The van der Waals surface area contributed by atoms with Crippen LogP contribution in [0.2, 0.25) is 0 Å². The number of rotatable bonds is 10. The lowest BCUT2D eigenvalue weighted by Gasteiger charge is -2.22. The fraction of sp³-hybridized carbons (Fsp3) is 0.684. The van der Waals surface area contributed by atoms with Gasteiger partial charge in [0.15, 0.2) is 0 Å². The van der Waals surface area contributed by atoms with Gasteiger partial charge >= 0.3 is 0 Å². The molecule has 0 amide bonds. The van der Waals surface area contributed by atoms with E-state index >= 15 is 0 Å². The molecule has 1 aliphatic rings. The molecule has 0 unspecified atom stereocenters. The van der Waals surface area contributed by atoms with Crippen LogP contribution in [0, 0.1) is 0 Å². The van der Waals surface area contributed by atoms with Gasteiger partial charge in [0.05, 0.1) is 13.2 Å². The second kappa shape index (κ2) is 9.86. The molecule has 1 aliphatic heterocycles. The van der Waals surface area contributed by atoms with Gasteiger partial charge < -0.3 is 9.84 Å². The third-order valence-electron chi connectivity index (χ3n) is 4.54. The van der Waals surface area contributed by atoms with Crippen molar-refractivity contribution in [3.8, 4) is 5.75 Å². The number of unbranched alkanes of at least 4 members (excludes halogenated alkanes) is 4. The van der Waals surface area contributed by atoms with E-state index in [-0.39, 0.29) is 6.61 Å². The second-order valence-electron chi connectivity index (χ2n) is 6.36. The van der Waals surface area contributed by atoms with E-state index in [9.17, 15) is 5.11 Å². The van der Waals surface area contributed by atoms with Crippen molar-refractivity contribution in [1.82, 2.24) is 4.90 Å². The number of aliphatic hydroxyl groups excluding tert-OH is 1. The Morgan fingerprint density at radius 2 is 1.91 bits per heavy atom. The molecule has 1 fully saturated rings. The average Bonchev–Trinajstić information content (AvgIpc) is 2.99. The van der Waals surface area contributed by atoms with Crippen molar-refractivity contribution < 1.29 is 9.84 Å². The molecule has 0 bridgehead atoms. The molecular weight excluding hydrogens is 274 g/mol. The zero-order valence-corrected chi connectivity index (χ0v) is 14.0. The number of nitrogens with zero attached hydrogens (tertiary/aromatic N) is 1. The van der Waals surface area contributed by atoms with Crippen molar-refractivity contribution >= 4 is 0 Å². The summed E-state index contributed by atoms with van der Waals surface area (Å²) in [5.41, 5.74) is 1.30. The fourth-order valence-electron chi connectivity index (χ4n) is 3.13. The van der Waals surface area contributed by atoms with Crippen molar-refractivity contribution in [2.45, 2.75) is 64.5 Å². The lowest BCUT2D eigenvalue weighted by Crippen LogP contribution is -2.31. The minimum Gasteiger partial charge on any atom is -0.494 e. The summed E-state index contributed by atoms with van der Waals surface area (Å²) in [7, 11) is 0. The van der Waals surface area contributed by atoms with Gasteiger partial charge in [-0.2, -0.15) is 0 Å². The smallest absolute Gasteiger partial charge is 0.119 e. The summed E-state index contributed by atoms with van der Waals surface area (Å²) in [6, 6.07) is 8.80. The molecule has 3 nitrogen and oxygen atoms in total. The van der Waals surface area contributed by atoms with Gasteiger partial charge in [-0.3, -0.25) is 4.90 Å². The summed E-state index contributed by atoms with van der Waals surface area (Å²) in [6.07, 6.45) is 8.68. The van der Waals surface area contributed by atoms with E-state index in [2.05, 4.69) is 36.1 Å². The van der Waals surface area contributed by atoms with Crippen molar-refractivity contribution in [3.63, 3.8) is 0 Å². The van der Waals surface area contributed by atoms with Crippen LogP contribution in [0.15, 0.2) is 24.3 Å². The molecule has 0 aliphatic carbocycles. The van der Waals surface area contributed by atoms with Crippen LogP contribution in [-0.2, 0) is 6.54 Å². The lowest BCUT2D eigenvalue weighted by molar-refractivity contribution is 0.153. The second-order valence-corrected chi connectivity index (χ2v) is 6.36. The first-order valence-electron chi connectivity index (χ1n) is 8.90. The van der Waals surface area contributed by atoms with E-state index in [1.165, 1.54) is 37.7 Å². The van der Waals surface area contributed by atoms with Crippen LogP contribution in [0.25, 0.3) is 0 Å². The Balaban J connectivity index is 1.69. The maximum Gasteiger partial charge on any atom is 0.119 e. The summed E-state index contributed by atoms with van der Waals surface area (Å²) in [6.45, 7) is 5.37. The predicted molar refractivity (Wildman–Crippen MR) is 91.2 cm³/mol. The minimum atomic E-state index is 0.277. The summed E-state index contributed by atoms with van der Waals surface area (Å²) in [5.74, 6) is 0.972. The first-order valence-corrected chi connectivity index (χ1v) is 8.90. The van der Waals surface area contributed by atoms with E-state index in [0.717, 1.165) is 38.3 Å². The van der Waals surface area contributed by atoms with E-state index in [1.807, 2.05) is 0 Å². The Bertz CT molecular complexity index is 404. The summed E-state index contributed by atoms with van der Waals surface area (Å²) in [4.78, 5) is 2.38. The molecule has 1 atom stereocenters. The molecule has 22 heavy (non-hydrogen) atoms. The summed E-state index contributed by atoms with van der Waals surface area (Å²) in [5, 5.41) is 9.37. The Morgan fingerprint density at radius 1 is 1.14 bits per heavy atom. The van der Waals surface area contributed by atoms with Crippen molar-refractivity contribution in [3.05, 3.63) is 29.8 Å². The highest BCUT2D eigenvalue weighted by Crippen LogP contribution is 2.21. The van der Waals surface area contributed by atoms with Crippen LogP contribution in [0.3, 0.4) is 0 Å². The van der Waals surface area contributed by atoms with Gasteiger partial charge in [-0.15, -0.1) is 0 Å².